The van der Waals surface area contributed by atoms with E-state index < -0.39 is 5.97 Å². The van der Waals surface area contributed by atoms with Crippen LogP contribution in [0, 0.1) is 0 Å². The number of ether oxygens (including phenoxy) is 1. The highest BCUT2D eigenvalue weighted by atomic mass is 16.5. The minimum atomic E-state index is -0.856. The number of nitrogens with one attached hydrogen (secondary N) is 1. The van der Waals surface area contributed by atoms with Crippen molar-refractivity contribution in [2.75, 3.05) is 0 Å². The van der Waals surface area contributed by atoms with Crippen molar-refractivity contribution >= 4 is 5.97 Å². The number of benzene rings is 2. The molecule has 0 saturated heterocycles. The van der Waals surface area contributed by atoms with Crippen LogP contribution in [0.2, 0.25) is 0 Å². The predicted molar refractivity (Wildman–Crippen MR) is 125 cm³/mol. The Morgan fingerprint density at radius 2 is 1.75 bits per heavy atom. The number of aliphatic carboxylic acids is 1. The molecule has 0 saturated carbocycles. The van der Waals surface area contributed by atoms with Crippen LogP contribution in [0.5, 0.6) is 5.75 Å². The van der Waals surface area contributed by atoms with E-state index >= 15 is 0 Å². The molecule has 0 radical (unpaired) electrons. The molecule has 0 aliphatic heterocycles. The number of hydrogen-bond acceptors (Lipinski definition) is 3. The first-order valence-corrected chi connectivity index (χ1v) is 11.2. The van der Waals surface area contributed by atoms with Crippen LogP contribution in [0.4, 0.5) is 0 Å². The second-order valence-electron chi connectivity index (χ2n) is 10.1. The molecule has 1 aliphatic rings. The van der Waals surface area contributed by atoms with Crippen molar-refractivity contribution in [1.29, 1.82) is 0 Å². The molecule has 0 amide bonds. The second kappa shape index (κ2) is 8.45. The number of rotatable bonds is 7. The number of aromatic nitrogens is 2. The van der Waals surface area contributed by atoms with Crippen LogP contribution in [0.25, 0.3) is 0 Å². The lowest BCUT2D eigenvalue weighted by atomic mass is 9.63. The van der Waals surface area contributed by atoms with Gasteiger partial charge in [-0.15, -0.1) is 0 Å². The molecule has 32 heavy (non-hydrogen) atoms. The monoisotopic (exact) mass is 432 g/mol. The largest absolute Gasteiger partial charge is 0.489 e. The molecule has 2 N–H and O–H groups in total. The Labute approximate surface area is 189 Å². The van der Waals surface area contributed by atoms with E-state index in [2.05, 4.69) is 55.9 Å². The lowest BCUT2D eigenvalue weighted by Crippen LogP contribution is -2.33. The second-order valence-corrected chi connectivity index (χ2v) is 10.1. The third-order valence-electron chi connectivity index (χ3n) is 6.83. The summed E-state index contributed by atoms with van der Waals surface area (Å²) in [6.07, 6.45) is 5.72. The van der Waals surface area contributed by atoms with E-state index in [9.17, 15) is 9.90 Å². The molecule has 1 aliphatic carbocycles. The molecule has 3 aromatic rings. The van der Waals surface area contributed by atoms with Gasteiger partial charge in [0.1, 0.15) is 18.2 Å². The van der Waals surface area contributed by atoms with Crippen LogP contribution in [-0.2, 0) is 22.2 Å². The number of hydrogen-bond donors (Lipinski definition) is 2. The van der Waals surface area contributed by atoms with Gasteiger partial charge in [0.05, 0.1) is 12.3 Å². The third kappa shape index (κ3) is 4.57. The van der Waals surface area contributed by atoms with Crippen molar-refractivity contribution < 1.29 is 14.6 Å². The molecule has 0 spiro atoms. The van der Waals surface area contributed by atoms with Gasteiger partial charge in [-0.25, -0.2) is 4.98 Å². The normalized spacial score (nSPS) is 17.4. The van der Waals surface area contributed by atoms with Gasteiger partial charge in [0, 0.05) is 12.4 Å². The van der Waals surface area contributed by atoms with E-state index in [0.717, 1.165) is 16.9 Å². The number of carboxylic acids is 1. The van der Waals surface area contributed by atoms with Crippen molar-refractivity contribution in [1.82, 2.24) is 9.97 Å². The zero-order chi connectivity index (χ0) is 22.9. The van der Waals surface area contributed by atoms with Crippen LogP contribution in [0.15, 0.2) is 54.9 Å². The molecule has 2 aromatic carbocycles. The Hall–Kier alpha value is -3.08. The maximum absolute atomic E-state index is 11.3. The van der Waals surface area contributed by atoms with Crippen molar-refractivity contribution in [2.24, 2.45) is 0 Å². The van der Waals surface area contributed by atoms with Crippen LogP contribution in [-0.4, -0.2) is 21.0 Å². The fraction of sp³-hybridized carbons (Fsp3) is 0.407. The van der Waals surface area contributed by atoms with E-state index in [1.165, 1.54) is 24.0 Å². The van der Waals surface area contributed by atoms with Gasteiger partial charge in [0.2, 0.25) is 0 Å². The fourth-order valence-electron chi connectivity index (χ4n) is 4.70. The first-order chi connectivity index (χ1) is 15.2. The van der Waals surface area contributed by atoms with E-state index in [1.54, 1.807) is 12.4 Å². The summed E-state index contributed by atoms with van der Waals surface area (Å²) in [5, 5.41) is 9.30. The van der Waals surface area contributed by atoms with E-state index in [0.29, 0.717) is 12.4 Å². The highest BCUT2D eigenvalue weighted by molar-refractivity contribution is 5.68. The number of carbonyl (C=O) groups is 1. The molecule has 5 nitrogen and oxygen atoms in total. The van der Waals surface area contributed by atoms with Crippen molar-refractivity contribution in [2.45, 2.75) is 70.3 Å². The van der Waals surface area contributed by atoms with E-state index in [1.807, 2.05) is 24.3 Å². The Balaban J connectivity index is 1.49. The molecule has 1 atom stereocenters. The van der Waals surface area contributed by atoms with E-state index in [4.69, 9.17) is 4.74 Å². The Bertz CT molecular complexity index is 1080. The first kappa shape index (κ1) is 22.1. The molecule has 0 bridgehead atoms. The van der Waals surface area contributed by atoms with Gasteiger partial charge in [0.15, 0.2) is 0 Å². The fourth-order valence-corrected chi connectivity index (χ4v) is 4.70. The summed E-state index contributed by atoms with van der Waals surface area (Å²) in [5.41, 5.74) is 5.32. The van der Waals surface area contributed by atoms with Gasteiger partial charge in [-0.1, -0.05) is 58.0 Å². The van der Waals surface area contributed by atoms with Crippen LogP contribution >= 0.6 is 0 Å². The molecule has 5 heteroatoms. The Morgan fingerprint density at radius 1 is 1.06 bits per heavy atom. The average Bonchev–Trinajstić information content (AvgIpc) is 3.29. The smallest absolute Gasteiger partial charge is 0.304 e. The van der Waals surface area contributed by atoms with E-state index in [-0.39, 0.29) is 23.2 Å². The van der Waals surface area contributed by atoms with Crippen LogP contribution in [0.3, 0.4) is 0 Å². The van der Waals surface area contributed by atoms with Gasteiger partial charge in [-0.2, -0.15) is 0 Å². The summed E-state index contributed by atoms with van der Waals surface area (Å²) in [4.78, 5) is 18.6. The zero-order valence-corrected chi connectivity index (χ0v) is 19.3. The summed E-state index contributed by atoms with van der Waals surface area (Å²) in [6.45, 7) is 9.83. The van der Waals surface area contributed by atoms with Crippen molar-refractivity contribution in [3.8, 4) is 5.75 Å². The Kier molecular flexibility index (Phi) is 5.85. The Morgan fingerprint density at radius 3 is 2.38 bits per heavy atom. The number of fused-ring (bicyclic) bond motifs is 1. The summed E-state index contributed by atoms with van der Waals surface area (Å²) in [7, 11) is 0. The van der Waals surface area contributed by atoms with Crippen molar-refractivity contribution in [3.05, 3.63) is 82.9 Å². The topological polar surface area (TPSA) is 75.2 Å². The number of carboxylic acid groups (broad SMARTS) is 1. The number of aromatic amines is 1. The summed E-state index contributed by atoms with van der Waals surface area (Å²) >= 11 is 0. The molecule has 168 valence electrons. The highest BCUT2D eigenvalue weighted by Gasteiger charge is 2.36. The minimum Gasteiger partial charge on any atom is -0.489 e. The lowest BCUT2D eigenvalue weighted by Gasteiger charge is -2.42. The zero-order valence-electron chi connectivity index (χ0n) is 19.3. The van der Waals surface area contributed by atoms with Gasteiger partial charge in [-0.3, -0.25) is 4.79 Å². The third-order valence-corrected chi connectivity index (χ3v) is 6.83. The SMILES string of the molecule is CC1(C)CCC(C)(C)c2cc(COc3ccc([C@H](CC(=O)O)c4ncc[nH]4)cc3)ccc21. The summed E-state index contributed by atoms with van der Waals surface area (Å²) < 4.78 is 6.07. The van der Waals surface area contributed by atoms with Crippen LogP contribution < -0.4 is 4.74 Å². The number of imidazole rings is 1. The lowest BCUT2D eigenvalue weighted by molar-refractivity contribution is -0.137. The first-order valence-electron chi connectivity index (χ1n) is 11.2. The van der Waals surface area contributed by atoms with Gasteiger partial charge in [0.25, 0.3) is 0 Å². The summed E-state index contributed by atoms with van der Waals surface area (Å²) in [5.74, 6) is 0.244. The van der Waals surface area contributed by atoms with Gasteiger partial charge < -0.3 is 14.8 Å². The molecule has 1 heterocycles. The number of nitrogens with zero attached hydrogens (tertiary/aromatic N) is 1. The molecule has 4 rings (SSSR count). The maximum atomic E-state index is 11.3. The maximum Gasteiger partial charge on any atom is 0.304 e. The minimum absolute atomic E-state index is 0.0189. The quantitative estimate of drug-likeness (QED) is 0.484. The van der Waals surface area contributed by atoms with Gasteiger partial charge in [-0.05, 0) is 58.1 Å². The highest BCUT2D eigenvalue weighted by Crippen LogP contribution is 2.46. The molecule has 1 aromatic heterocycles. The molecule has 0 unspecified atom stereocenters. The molecular weight excluding hydrogens is 400 g/mol. The van der Waals surface area contributed by atoms with Crippen molar-refractivity contribution in [3.63, 3.8) is 0 Å². The van der Waals surface area contributed by atoms with Crippen LogP contribution in [0.1, 0.15) is 81.0 Å². The average molecular weight is 433 g/mol. The molecular formula is C27H32N2O3. The molecule has 0 fully saturated rings. The standard InChI is InChI=1S/C27H32N2O3/c1-26(2)11-12-27(3,4)23-15-18(5-10-22(23)26)17-32-20-8-6-19(7-9-20)21(16-24(30)31)25-28-13-14-29-25/h5-10,13-15,21H,11-12,16-17H2,1-4H3,(H,28,29)(H,30,31)/t21-/m0/s1. The number of H-pyrrole nitrogens is 1. The predicted octanol–water partition coefficient (Wildman–Crippen LogP) is 5.94. The summed E-state index contributed by atoms with van der Waals surface area (Å²) in [6, 6.07) is 14.4. The van der Waals surface area contributed by atoms with Gasteiger partial charge >= 0.3 is 5.97 Å².